The fraction of sp³-hybridized carbons (Fsp3) is 0.698. The Bertz CT molecular complexity index is 2440. The molecule has 5 rings (SSSR count). The number of ether oxygens (including phenoxy) is 2. The SMILES string of the molecule is CCC(C1=C(F)C(C)=C(F)C(F)(C(CC)[N+](=O)[O-])C1N)[N+](=O)[O-].COc1nc(NC(C)C)nc(NC(C)C)n1.COc1nc(NC(C)C)nc(NC(C)C)n1.CSc1nc(NC(C)C)nc(NC(C)C)n1.CSc1nc(NC(C)C)nc(NC(C)C)n1. The van der Waals surface area contributed by atoms with E-state index in [-0.39, 0.29) is 30.6 Å². The molecule has 87 heavy (non-hydrogen) atoms. The average molecular weight is 1270 g/mol. The van der Waals surface area contributed by atoms with Crippen molar-refractivity contribution in [1.29, 1.82) is 0 Å². The molecule has 0 amide bonds. The zero-order chi connectivity index (χ0) is 66.6. The van der Waals surface area contributed by atoms with Crippen molar-refractivity contribution in [2.24, 2.45) is 5.73 Å². The van der Waals surface area contributed by atoms with Crippen molar-refractivity contribution < 1.29 is 32.5 Å². The van der Waals surface area contributed by atoms with Gasteiger partial charge >= 0.3 is 12.0 Å². The second kappa shape index (κ2) is 38.1. The number of hydrogen-bond acceptors (Lipinski definition) is 29. The summed E-state index contributed by atoms with van der Waals surface area (Å²) in [7, 11) is 3.07. The molecule has 4 atom stereocenters. The molecule has 4 heterocycles. The van der Waals surface area contributed by atoms with E-state index in [2.05, 4.69) is 158 Å². The van der Waals surface area contributed by atoms with Gasteiger partial charge in [0.25, 0.3) is 6.04 Å². The molecule has 1 aliphatic rings. The first-order chi connectivity index (χ1) is 40.6. The Balaban J connectivity index is 0.000000548. The van der Waals surface area contributed by atoms with Gasteiger partial charge in [0, 0.05) is 76.6 Å². The number of alkyl halides is 1. The second-order valence-electron chi connectivity index (χ2n) is 21.6. The van der Waals surface area contributed by atoms with E-state index in [1.807, 2.05) is 67.9 Å². The van der Waals surface area contributed by atoms with Gasteiger partial charge in [-0.3, -0.25) is 20.2 Å². The normalized spacial score (nSPS) is 15.3. The van der Waals surface area contributed by atoms with Crippen molar-refractivity contribution in [3.63, 3.8) is 0 Å². The van der Waals surface area contributed by atoms with Gasteiger partial charge in [-0.1, -0.05) is 37.4 Å². The van der Waals surface area contributed by atoms with Gasteiger partial charge in [-0.15, -0.1) is 0 Å². The van der Waals surface area contributed by atoms with Gasteiger partial charge in [-0.05, 0) is 130 Å². The van der Waals surface area contributed by atoms with E-state index in [0.29, 0.717) is 83.8 Å². The third-order valence-corrected chi connectivity index (χ3v) is 11.8. The Hall–Kier alpha value is -7.23. The highest BCUT2D eigenvalue weighted by Crippen LogP contribution is 2.46. The smallest absolute Gasteiger partial charge is 0.322 e. The van der Waals surface area contributed by atoms with Gasteiger partial charge in [-0.25, -0.2) is 13.2 Å². The fourth-order valence-electron chi connectivity index (χ4n) is 7.26. The lowest BCUT2D eigenvalue weighted by molar-refractivity contribution is -0.541. The van der Waals surface area contributed by atoms with E-state index in [1.54, 1.807) is 0 Å². The molecule has 0 aromatic carbocycles. The first-order valence-corrected chi connectivity index (χ1v) is 30.8. The maximum atomic E-state index is 15.3. The number of rotatable bonds is 26. The van der Waals surface area contributed by atoms with E-state index < -0.39 is 62.9 Å². The third kappa shape index (κ3) is 27.1. The largest absolute Gasteiger partial charge is 0.467 e. The highest BCUT2D eigenvalue weighted by molar-refractivity contribution is 7.98. The topological polar surface area (TPSA) is 382 Å². The molecule has 4 aromatic rings. The molecule has 0 fully saturated rings. The molecule has 34 heteroatoms. The molecular formula is C53H94F3N23O6S2. The molecule has 0 saturated carbocycles. The number of aromatic nitrogens is 12. The second-order valence-corrected chi connectivity index (χ2v) is 23.2. The number of methoxy groups -OCH3 is 2. The van der Waals surface area contributed by atoms with Crippen LogP contribution in [0.15, 0.2) is 33.1 Å². The zero-order valence-electron chi connectivity index (χ0n) is 54.5. The number of anilines is 8. The van der Waals surface area contributed by atoms with Crippen molar-refractivity contribution in [2.75, 3.05) is 69.3 Å². The van der Waals surface area contributed by atoms with E-state index in [9.17, 15) is 29.0 Å². The van der Waals surface area contributed by atoms with Crippen molar-refractivity contribution in [1.82, 2.24) is 59.8 Å². The summed E-state index contributed by atoms with van der Waals surface area (Å²) < 4.78 is 54.0. The summed E-state index contributed by atoms with van der Waals surface area (Å²) >= 11 is 3.02. The minimum absolute atomic E-state index is 0.219. The summed E-state index contributed by atoms with van der Waals surface area (Å²) in [6.07, 6.45) is 3.27. The molecule has 0 bridgehead atoms. The van der Waals surface area contributed by atoms with Crippen molar-refractivity contribution in [3.8, 4) is 12.0 Å². The Morgan fingerprint density at radius 2 is 0.747 bits per heavy atom. The zero-order valence-corrected chi connectivity index (χ0v) is 56.1. The van der Waals surface area contributed by atoms with Crippen LogP contribution >= 0.6 is 23.5 Å². The lowest BCUT2D eigenvalue weighted by Gasteiger charge is -2.37. The van der Waals surface area contributed by atoms with Crippen LogP contribution in [-0.2, 0) is 0 Å². The highest BCUT2D eigenvalue weighted by Gasteiger charge is 2.61. The molecule has 29 nitrogen and oxygen atoms in total. The summed E-state index contributed by atoms with van der Waals surface area (Å²) in [5.74, 6) is 1.56. The van der Waals surface area contributed by atoms with Crippen LogP contribution in [0.4, 0.5) is 60.8 Å². The summed E-state index contributed by atoms with van der Waals surface area (Å²) in [5.41, 5.74) is 0.657. The molecule has 0 aliphatic heterocycles. The number of allylic oxidation sites excluding steroid dienone is 2. The Kier molecular flexibility index (Phi) is 34.1. The molecule has 1 aliphatic carbocycles. The predicted octanol–water partition coefficient (Wildman–Crippen LogP) is 10.1. The van der Waals surface area contributed by atoms with Gasteiger partial charge in [0.05, 0.1) is 25.8 Å². The van der Waals surface area contributed by atoms with Gasteiger partial charge in [-0.2, -0.15) is 59.8 Å². The lowest BCUT2D eigenvalue weighted by Crippen LogP contribution is -2.60. The number of nitrogens with one attached hydrogen (secondary N) is 8. The van der Waals surface area contributed by atoms with E-state index in [4.69, 9.17) is 15.2 Å². The quantitative estimate of drug-likeness (QED) is 0.0160. The predicted molar refractivity (Wildman–Crippen MR) is 342 cm³/mol. The van der Waals surface area contributed by atoms with E-state index in [0.717, 1.165) is 17.2 Å². The molecule has 4 aromatic heterocycles. The number of thioether (sulfide) groups is 2. The Morgan fingerprint density at radius 3 is 0.931 bits per heavy atom. The number of hydrogen-bond donors (Lipinski definition) is 9. The molecule has 4 unspecified atom stereocenters. The number of nitro groups is 2. The molecule has 0 saturated heterocycles. The van der Waals surface area contributed by atoms with Gasteiger partial charge in [0.1, 0.15) is 5.83 Å². The van der Waals surface area contributed by atoms with Crippen LogP contribution in [0.2, 0.25) is 0 Å². The molecule has 0 radical (unpaired) electrons. The third-order valence-electron chi connectivity index (χ3n) is 10.7. The highest BCUT2D eigenvalue weighted by atomic mass is 32.2. The summed E-state index contributed by atoms with van der Waals surface area (Å²) in [6, 6.07) is -3.02. The molecule has 0 spiro atoms. The summed E-state index contributed by atoms with van der Waals surface area (Å²) in [5, 5.41) is 48.7. The first kappa shape index (κ1) is 77.8. The fourth-order valence-corrected chi connectivity index (χ4v) is 7.97. The van der Waals surface area contributed by atoms with Crippen LogP contribution in [0.1, 0.15) is 144 Å². The molecular weight excluding hydrogens is 1180 g/mol. The van der Waals surface area contributed by atoms with E-state index >= 15 is 4.39 Å². The van der Waals surface area contributed by atoms with Gasteiger partial charge in [0.2, 0.25) is 59.3 Å². The van der Waals surface area contributed by atoms with Gasteiger partial charge < -0.3 is 57.7 Å². The van der Waals surface area contributed by atoms with Crippen LogP contribution in [0, 0.1) is 20.2 Å². The first-order valence-electron chi connectivity index (χ1n) is 28.4. The number of nitrogens with zero attached hydrogens (tertiary/aromatic N) is 14. The maximum absolute atomic E-state index is 15.3. The van der Waals surface area contributed by atoms with Crippen molar-refractivity contribution in [2.45, 2.75) is 227 Å². The van der Waals surface area contributed by atoms with Crippen LogP contribution in [-0.4, -0.2) is 169 Å². The average Bonchev–Trinajstić information content (AvgIpc) is 0.891. The maximum Gasteiger partial charge on any atom is 0.322 e. The minimum Gasteiger partial charge on any atom is -0.467 e. The monoisotopic (exact) mass is 1270 g/mol. The Morgan fingerprint density at radius 1 is 0.494 bits per heavy atom. The van der Waals surface area contributed by atoms with Crippen molar-refractivity contribution in [3.05, 3.63) is 43.0 Å². The van der Waals surface area contributed by atoms with Crippen LogP contribution in [0.3, 0.4) is 0 Å². The molecule has 10 N–H and O–H groups in total. The van der Waals surface area contributed by atoms with E-state index in [1.165, 1.54) is 51.6 Å². The molecule has 490 valence electrons. The van der Waals surface area contributed by atoms with Crippen molar-refractivity contribution >= 4 is 71.1 Å². The minimum atomic E-state index is -3.34. The Labute approximate surface area is 518 Å². The van der Waals surface area contributed by atoms with Crippen LogP contribution < -0.4 is 57.7 Å². The van der Waals surface area contributed by atoms with Crippen LogP contribution in [0.25, 0.3) is 0 Å². The van der Waals surface area contributed by atoms with Crippen LogP contribution in [0.5, 0.6) is 12.0 Å². The summed E-state index contributed by atoms with van der Waals surface area (Å²) in [4.78, 5) is 70.9. The number of halogens is 3. The number of nitrogens with two attached hydrogens (primary N) is 1. The van der Waals surface area contributed by atoms with Gasteiger partial charge in [0.15, 0.2) is 16.1 Å². The standard InChI is InChI=1S/C13H18F3N3O4.2C10H19N5O.2C10H19N5S/c1-4-7(18(20)21)9-10(14)6(3)11(15)13(16,12(9)17)8(5-2)19(22)23;4*1-6(2)11-8-13-9(12-7(3)4)15-10(14-8)16-5/h7-8,12H,4-5,17H2,1-3H3;4*6-7H,1-5H3,(H2,11,12,13,14,15). The summed E-state index contributed by atoms with van der Waals surface area (Å²) in [6.45, 7) is 36.1. The lowest BCUT2D eigenvalue weighted by atomic mass is 9.74.